The number of likely N-dealkylation sites (tertiary alicyclic amines) is 1. The van der Waals surface area contributed by atoms with Crippen LogP contribution >= 0.6 is 0 Å². The Labute approximate surface area is 127 Å². The van der Waals surface area contributed by atoms with E-state index in [1.807, 2.05) is 6.92 Å². The summed E-state index contributed by atoms with van der Waals surface area (Å²) in [6.07, 6.45) is 0.903. The Bertz CT molecular complexity index is 591. The van der Waals surface area contributed by atoms with Gasteiger partial charge in [-0.05, 0) is 25.8 Å². The molecular formula is C16H19F2NO3. The van der Waals surface area contributed by atoms with Crippen molar-refractivity contribution in [2.75, 3.05) is 0 Å². The Morgan fingerprint density at radius 3 is 2.68 bits per heavy atom. The van der Waals surface area contributed by atoms with Gasteiger partial charge in [0.2, 0.25) is 5.91 Å². The summed E-state index contributed by atoms with van der Waals surface area (Å²) in [5.74, 6) is -3.72. The molecule has 0 radical (unpaired) electrons. The third-order valence-corrected chi connectivity index (χ3v) is 4.30. The van der Waals surface area contributed by atoms with Gasteiger partial charge >= 0.3 is 5.97 Å². The zero-order valence-corrected chi connectivity index (χ0v) is 12.6. The highest BCUT2D eigenvalue weighted by molar-refractivity contribution is 5.82. The van der Waals surface area contributed by atoms with Crippen molar-refractivity contribution >= 4 is 11.9 Å². The van der Waals surface area contributed by atoms with Gasteiger partial charge in [-0.1, -0.05) is 13.0 Å². The second-order valence-corrected chi connectivity index (χ2v) is 5.65. The van der Waals surface area contributed by atoms with E-state index < -0.39 is 29.6 Å². The SMILES string of the molecule is CCC(C)N1C(=O)CCC(C(=O)O)C1c1ccc(F)cc1F. The monoisotopic (exact) mass is 311 g/mol. The van der Waals surface area contributed by atoms with E-state index in [2.05, 4.69) is 0 Å². The highest BCUT2D eigenvalue weighted by atomic mass is 19.1. The number of carboxylic acid groups (broad SMARTS) is 1. The van der Waals surface area contributed by atoms with Crippen LogP contribution in [-0.4, -0.2) is 27.9 Å². The standard InChI is InChI=1S/C16H19F2NO3/c1-3-9(2)19-14(20)7-6-12(16(21)22)15(19)11-5-4-10(17)8-13(11)18/h4-5,8-9,12,15H,3,6-7H2,1-2H3,(H,21,22). The van der Waals surface area contributed by atoms with Gasteiger partial charge in [0.05, 0.1) is 12.0 Å². The lowest BCUT2D eigenvalue weighted by Crippen LogP contribution is -2.49. The van der Waals surface area contributed by atoms with Crippen LogP contribution in [0.15, 0.2) is 18.2 Å². The molecule has 0 aliphatic carbocycles. The molecule has 0 bridgehead atoms. The number of hydrogen-bond donors (Lipinski definition) is 1. The van der Waals surface area contributed by atoms with E-state index in [1.165, 1.54) is 11.0 Å². The third kappa shape index (κ3) is 2.96. The summed E-state index contributed by atoms with van der Waals surface area (Å²) in [4.78, 5) is 25.2. The van der Waals surface area contributed by atoms with Gasteiger partial charge in [0.15, 0.2) is 0 Å². The lowest BCUT2D eigenvalue weighted by atomic mass is 9.83. The molecule has 0 spiro atoms. The first-order valence-electron chi connectivity index (χ1n) is 7.35. The maximum absolute atomic E-state index is 14.2. The molecule has 0 saturated carbocycles. The number of amides is 1. The van der Waals surface area contributed by atoms with Gasteiger partial charge < -0.3 is 10.0 Å². The van der Waals surface area contributed by atoms with Gasteiger partial charge in [-0.25, -0.2) is 8.78 Å². The number of benzene rings is 1. The molecule has 120 valence electrons. The molecule has 3 atom stereocenters. The molecule has 6 heteroatoms. The molecular weight excluding hydrogens is 292 g/mol. The van der Waals surface area contributed by atoms with Gasteiger partial charge in [0.1, 0.15) is 11.6 Å². The van der Waals surface area contributed by atoms with Gasteiger partial charge in [-0.15, -0.1) is 0 Å². The van der Waals surface area contributed by atoms with E-state index in [9.17, 15) is 23.5 Å². The lowest BCUT2D eigenvalue weighted by Gasteiger charge is -2.43. The number of aliphatic carboxylic acids is 1. The number of rotatable bonds is 4. The normalized spacial score (nSPS) is 23.5. The zero-order valence-electron chi connectivity index (χ0n) is 12.6. The van der Waals surface area contributed by atoms with Crippen LogP contribution in [-0.2, 0) is 9.59 Å². The van der Waals surface area contributed by atoms with Crippen molar-refractivity contribution in [3.05, 3.63) is 35.4 Å². The van der Waals surface area contributed by atoms with Crippen LogP contribution in [0.1, 0.15) is 44.7 Å². The average molecular weight is 311 g/mol. The molecule has 1 heterocycles. The van der Waals surface area contributed by atoms with E-state index in [0.717, 1.165) is 12.1 Å². The fourth-order valence-corrected chi connectivity index (χ4v) is 3.00. The number of nitrogens with zero attached hydrogens (tertiary/aromatic N) is 1. The second kappa shape index (κ2) is 6.42. The predicted octanol–water partition coefficient (Wildman–Crippen LogP) is 3.13. The molecule has 1 aromatic carbocycles. The van der Waals surface area contributed by atoms with Gasteiger partial charge in [0, 0.05) is 24.1 Å². The molecule has 1 fully saturated rings. The fourth-order valence-electron chi connectivity index (χ4n) is 3.00. The van der Waals surface area contributed by atoms with Crippen molar-refractivity contribution < 1.29 is 23.5 Å². The van der Waals surface area contributed by atoms with E-state index in [0.29, 0.717) is 6.42 Å². The van der Waals surface area contributed by atoms with Crippen LogP contribution in [0.5, 0.6) is 0 Å². The largest absolute Gasteiger partial charge is 0.481 e. The van der Waals surface area contributed by atoms with Gasteiger partial charge in [-0.2, -0.15) is 0 Å². The van der Waals surface area contributed by atoms with Gasteiger partial charge in [0.25, 0.3) is 0 Å². The number of piperidine rings is 1. The van der Waals surface area contributed by atoms with E-state index in [4.69, 9.17) is 0 Å². The predicted molar refractivity (Wildman–Crippen MR) is 76.1 cm³/mol. The molecule has 1 amide bonds. The Morgan fingerprint density at radius 1 is 1.45 bits per heavy atom. The van der Waals surface area contributed by atoms with Crippen LogP contribution in [0.4, 0.5) is 8.78 Å². The highest BCUT2D eigenvalue weighted by Gasteiger charge is 2.43. The van der Waals surface area contributed by atoms with Crippen molar-refractivity contribution in [3.8, 4) is 0 Å². The first-order chi connectivity index (χ1) is 10.4. The van der Waals surface area contributed by atoms with Gasteiger partial charge in [-0.3, -0.25) is 9.59 Å². The molecule has 1 aromatic rings. The molecule has 22 heavy (non-hydrogen) atoms. The van der Waals surface area contributed by atoms with Crippen molar-refractivity contribution in [1.29, 1.82) is 0 Å². The smallest absolute Gasteiger partial charge is 0.308 e. The number of carbonyl (C=O) groups excluding carboxylic acids is 1. The summed E-state index contributed by atoms with van der Waals surface area (Å²) in [7, 11) is 0. The van der Waals surface area contributed by atoms with E-state index >= 15 is 0 Å². The van der Waals surface area contributed by atoms with Crippen molar-refractivity contribution in [3.63, 3.8) is 0 Å². The molecule has 1 aliphatic rings. The summed E-state index contributed by atoms with van der Waals surface area (Å²) in [6.45, 7) is 3.68. The maximum Gasteiger partial charge on any atom is 0.308 e. The van der Waals surface area contributed by atoms with E-state index in [-0.39, 0.29) is 30.4 Å². The maximum atomic E-state index is 14.2. The number of halogens is 2. The van der Waals surface area contributed by atoms with Crippen LogP contribution < -0.4 is 0 Å². The third-order valence-electron chi connectivity index (χ3n) is 4.30. The Morgan fingerprint density at radius 2 is 2.14 bits per heavy atom. The summed E-state index contributed by atoms with van der Waals surface area (Å²) >= 11 is 0. The number of carboxylic acids is 1. The molecule has 1 N–H and O–H groups in total. The molecule has 0 aromatic heterocycles. The first kappa shape index (κ1) is 16.4. The first-order valence-corrected chi connectivity index (χ1v) is 7.35. The van der Waals surface area contributed by atoms with Crippen LogP contribution in [0.2, 0.25) is 0 Å². The van der Waals surface area contributed by atoms with Crippen molar-refractivity contribution in [2.45, 2.75) is 45.2 Å². The molecule has 3 unspecified atom stereocenters. The zero-order chi connectivity index (χ0) is 16.4. The minimum absolute atomic E-state index is 0.0575. The Balaban J connectivity index is 2.54. The van der Waals surface area contributed by atoms with E-state index in [1.54, 1.807) is 6.92 Å². The highest BCUT2D eigenvalue weighted by Crippen LogP contribution is 2.39. The summed E-state index contributed by atoms with van der Waals surface area (Å²) in [5, 5.41) is 9.44. The fraction of sp³-hybridized carbons (Fsp3) is 0.500. The average Bonchev–Trinajstić information content (AvgIpc) is 2.46. The summed E-state index contributed by atoms with van der Waals surface area (Å²) < 4.78 is 27.3. The van der Waals surface area contributed by atoms with Crippen LogP contribution in [0.3, 0.4) is 0 Å². The van der Waals surface area contributed by atoms with Crippen molar-refractivity contribution in [2.24, 2.45) is 5.92 Å². The number of carbonyl (C=O) groups is 2. The molecule has 4 nitrogen and oxygen atoms in total. The molecule has 1 aliphatic heterocycles. The quantitative estimate of drug-likeness (QED) is 0.929. The van der Waals surface area contributed by atoms with Crippen LogP contribution in [0.25, 0.3) is 0 Å². The minimum atomic E-state index is -1.07. The van der Waals surface area contributed by atoms with Crippen LogP contribution in [0, 0.1) is 17.6 Å². The minimum Gasteiger partial charge on any atom is -0.481 e. The summed E-state index contributed by atoms with van der Waals surface area (Å²) in [6, 6.07) is 1.92. The topological polar surface area (TPSA) is 57.6 Å². The second-order valence-electron chi connectivity index (χ2n) is 5.65. The van der Waals surface area contributed by atoms with Crippen molar-refractivity contribution in [1.82, 2.24) is 4.90 Å². The molecule has 2 rings (SSSR count). The summed E-state index contributed by atoms with van der Waals surface area (Å²) in [5.41, 5.74) is 0.0575. The lowest BCUT2D eigenvalue weighted by molar-refractivity contribution is -0.154. The number of hydrogen-bond acceptors (Lipinski definition) is 2. The Hall–Kier alpha value is -1.98. The molecule has 1 saturated heterocycles. The Kier molecular flexibility index (Phi) is 4.78.